The highest BCUT2D eigenvalue weighted by atomic mass is 16.5. The zero-order chi connectivity index (χ0) is 17.9. The van der Waals surface area contributed by atoms with Crippen LogP contribution < -0.4 is 4.74 Å². The fourth-order valence-corrected chi connectivity index (χ4v) is 2.76. The van der Waals surface area contributed by atoms with E-state index < -0.39 is 0 Å². The number of hydrogen-bond acceptors (Lipinski definition) is 2. The van der Waals surface area contributed by atoms with Gasteiger partial charge in [-0.1, -0.05) is 50.5 Å². The lowest BCUT2D eigenvalue weighted by atomic mass is 10.0. The van der Waals surface area contributed by atoms with Crippen molar-refractivity contribution in [1.29, 1.82) is 0 Å². The molecule has 2 heteroatoms. The van der Waals surface area contributed by atoms with Gasteiger partial charge in [0.2, 0.25) is 0 Å². The number of benzene rings is 1. The molecule has 0 amide bonds. The number of rotatable bonds is 10. The maximum atomic E-state index is 10.4. The summed E-state index contributed by atoms with van der Waals surface area (Å²) in [5.41, 5.74) is 4.76. The lowest BCUT2D eigenvalue weighted by molar-refractivity contribution is 0.400. The number of aromatic hydroxyl groups is 1. The van der Waals surface area contributed by atoms with Gasteiger partial charge in [0.1, 0.15) is 11.5 Å². The average molecular weight is 347 g/mol. The molecule has 25 heavy (non-hydrogen) atoms. The molecular formula is C23H38O2. The van der Waals surface area contributed by atoms with Crippen molar-refractivity contribution in [1.82, 2.24) is 0 Å². The summed E-state index contributed by atoms with van der Waals surface area (Å²) in [5, 5.41) is 10.4. The molecule has 0 atom stereocenters. The third kappa shape index (κ3) is 8.81. The van der Waals surface area contributed by atoms with Crippen molar-refractivity contribution in [3.05, 3.63) is 46.6 Å². The topological polar surface area (TPSA) is 29.5 Å². The zero-order valence-electron chi connectivity index (χ0n) is 16.1. The van der Waals surface area contributed by atoms with E-state index in [4.69, 9.17) is 4.74 Å². The van der Waals surface area contributed by atoms with Crippen LogP contribution in [0.15, 0.2) is 35.4 Å². The minimum atomic E-state index is 0. The normalized spacial score (nSPS) is 11.0. The van der Waals surface area contributed by atoms with E-state index in [2.05, 4.69) is 45.9 Å². The van der Waals surface area contributed by atoms with Crippen LogP contribution in [0, 0.1) is 0 Å². The largest absolute Gasteiger partial charge is 0.508 e. The van der Waals surface area contributed by atoms with E-state index in [1.165, 1.54) is 24.0 Å². The van der Waals surface area contributed by atoms with E-state index in [9.17, 15) is 5.11 Å². The van der Waals surface area contributed by atoms with Crippen LogP contribution in [0.25, 0.3) is 0 Å². The maximum absolute atomic E-state index is 10.4. The maximum Gasteiger partial charge on any atom is 0.126 e. The molecule has 0 heterocycles. The second-order valence-corrected chi connectivity index (χ2v) is 6.83. The molecule has 0 saturated heterocycles. The molecule has 0 radical (unpaired) electrons. The van der Waals surface area contributed by atoms with Crippen LogP contribution in [0.1, 0.15) is 78.4 Å². The Bertz CT molecular complexity index is 564. The van der Waals surface area contributed by atoms with Crippen LogP contribution in [0.4, 0.5) is 0 Å². The molecule has 0 aromatic heterocycles. The van der Waals surface area contributed by atoms with Gasteiger partial charge in [0.05, 0.1) is 7.11 Å². The molecule has 0 aliphatic carbocycles. The first-order chi connectivity index (χ1) is 11.5. The number of unbranched alkanes of at least 4 members (excludes halogenated alkanes) is 2. The molecular weight excluding hydrogens is 308 g/mol. The predicted molar refractivity (Wildman–Crippen MR) is 111 cm³/mol. The highest BCUT2D eigenvalue weighted by Gasteiger charge is 2.10. The first-order valence-corrected chi connectivity index (χ1v) is 9.15. The third-order valence-corrected chi connectivity index (χ3v) is 4.28. The van der Waals surface area contributed by atoms with Gasteiger partial charge in [0.25, 0.3) is 0 Å². The lowest BCUT2D eigenvalue weighted by Crippen LogP contribution is -1.96. The first kappa shape index (κ1) is 23.3. The van der Waals surface area contributed by atoms with Crippen molar-refractivity contribution in [3.8, 4) is 11.5 Å². The van der Waals surface area contributed by atoms with Crippen molar-refractivity contribution >= 4 is 0 Å². The third-order valence-electron chi connectivity index (χ3n) is 4.28. The van der Waals surface area contributed by atoms with Crippen LogP contribution in [-0.2, 0) is 12.8 Å². The minimum Gasteiger partial charge on any atom is -0.508 e. The highest BCUT2D eigenvalue weighted by Crippen LogP contribution is 2.31. The summed E-state index contributed by atoms with van der Waals surface area (Å²) in [4.78, 5) is 0. The fourth-order valence-electron chi connectivity index (χ4n) is 2.76. The summed E-state index contributed by atoms with van der Waals surface area (Å²) in [6.45, 7) is 8.61. The van der Waals surface area contributed by atoms with Crippen molar-refractivity contribution in [2.45, 2.75) is 80.1 Å². The predicted octanol–water partition coefficient (Wildman–Crippen LogP) is 7.00. The van der Waals surface area contributed by atoms with Crippen molar-refractivity contribution in [2.75, 3.05) is 7.11 Å². The Morgan fingerprint density at radius 1 is 1.12 bits per heavy atom. The molecule has 1 rings (SSSR count). The SMILES string of the molecule is C.CCCCCc1cc(O)c(C/C=C(\C)CCC=C(C)C)c(OC)c1. The van der Waals surface area contributed by atoms with E-state index in [1.807, 2.05) is 6.07 Å². The number of ether oxygens (including phenoxy) is 1. The average Bonchev–Trinajstić information content (AvgIpc) is 2.53. The van der Waals surface area contributed by atoms with E-state index >= 15 is 0 Å². The molecule has 1 aromatic rings. The van der Waals surface area contributed by atoms with Gasteiger partial charge in [-0.05, 0) is 70.6 Å². The Morgan fingerprint density at radius 3 is 2.44 bits per heavy atom. The summed E-state index contributed by atoms with van der Waals surface area (Å²) in [6.07, 6.45) is 11.9. The molecule has 142 valence electrons. The molecule has 0 spiro atoms. The van der Waals surface area contributed by atoms with Crippen LogP contribution in [-0.4, -0.2) is 12.2 Å². The van der Waals surface area contributed by atoms with Crippen molar-refractivity contribution in [2.24, 2.45) is 0 Å². The Hall–Kier alpha value is -1.70. The molecule has 0 fully saturated rings. The molecule has 0 aliphatic heterocycles. The van der Waals surface area contributed by atoms with Gasteiger partial charge in [0, 0.05) is 5.56 Å². The van der Waals surface area contributed by atoms with Gasteiger partial charge < -0.3 is 9.84 Å². The zero-order valence-corrected chi connectivity index (χ0v) is 16.1. The number of hydrogen-bond donors (Lipinski definition) is 1. The van der Waals surface area contributed by atoms with E-state index in [-0.39, 0.29) is 7.43 Å². The van der Waals surface area contributed by atoms with E-state index in [0.29, 0.717) is 12.2 Å². The minimum absolute atomic E-state index is 0. The number of methoxy groups -OCH3 is 1. The van der Waals surface area contributed by atoms with Crippen molar-refractivity contribution < 1.29 is 9.84 Å². The van der Waals surface area contributed by atoms with Crippen LogP contribution in [0.2, 0.25) is 0 Å². The molecule has 1 N–H and O–H groups in total. The van der Waals surface area contributed by atoms with E-state index in [1.54, 1.807) is 7.11 Å². The van der Waals surface area contributed by atoms with Crippen LogP contribution >= 0.6 is 0 Å². The summed E-state index contributed by atoms with van der Waals surface area (Å²) in [6, 6.07) is 3.98. The molecule has 1 aromatic carbocycles. The smallest absolute Gasteiger partial charge is 0.126 e. The Labute approximate surface area is 155 Å². The monoisotopic (exact) mass is 346 g/mol. The summed E-state index contributed by atoms with van der Waals surface area (Å²) < 4.78 is 5.52. The molecule has 0 unspecified atom stereocenters. The quantitative estimate of drug-likeness (QED) is 0.365. The Balaban J connectivity index is 0.00000576. The Kier molecular flexibility index (Phi) is 11.8. The molecule has 0 bridgehead atoms. The van der Waals surface area contributed by atoms with Gasteiger partial charge in [0.15, 0.2) is 0 Å². The van der Waals surface area contributed by atoms with Gasteiger partial charge in [-0.3, -0.25) is 0 Å². The van der Waals surface area contributed by atoms with Gasteiger partial charge >= 0.3 is 0 Å². The van der Waals surface area contributed by atoms with Gasteiger partial charge in [-0.15, -0.1) is 0 Å². The standard InChI is InChI=1S/C22H34O2.CH4/c1-6-7-8-12-19-15-21(23)20(22(16-19)24-5)14-13-18(4)11-9-10-17(2)3;/h10,13,15-16,23H,6-9,11-12,14H2,1-5H3;1H4/b18-13+;. The Morgan fingerprint density at radius 2 is 1.84 bits per heavy atom. The van der Waals surface area contributed by atoms with Crippen LogP contribution in [0.5, 0.6) is 11.5 Å². The fraction of sp³-hybridized carbons (Fsp3) is 0.565. The van der Waals surface area contributed by atoms with Gasteiger partial charge in [-0.2, -0.15) is 0 Å². The first-order valence-electron chi connectivity index (χ1n) is 9.15. The van der Waals surface area contributed by atoms with Crippen LogP contribution in [0.3, 0.4) is 0 Å². The van der Waals surface area contributed by atoms with Crippen molar-refractivity contribution in [3.63, 3.8) is 0 Å². The lowest BCUT2D eigenvalue weighted by Gasteiger charge is -2.12. The summed E-state index contributed by atoms with van der Waals surface area (Å²) >= 11 is 0. The second-order valence-electron chi connectivity index (χ2n) is 6.83. The summed E-state index contributed by atoms with van der Waals surface area (Å²) in [5.74, 6) is 1.16. The second kappa shape index (κ2) is 12.6. The highest BCUT2D eigenvalue weighted by molar-refractivity contribution is 5.48. The molecule has 2 nitrogen and oxygen atoms in total. The van der Waals surface area contributed by atoms with Gasteiger partial charge in [-0.25, -0.2) is 0 Å². The number of allylic oxidation sites excluding steroid dienone is 4. The number of phenols is 1. The molecule has 0 saturated carbocycles. The number of aryl methyl sites for hydroxylation is 1. The molecule has 0 aliphatic rings. The number of phenolic OH excluding ortho intramolecular Hbond substituents is 1. The van der Waals surface area contributed by atoms with E-state index in [0.717, 1.165) is 42.6 Å². The summed E-state index contributed by atoms with van der Waals surface area (Å²) in [7, 11) is 1.68.